The SMILES string of the molecule is CCOC1=C(OC)C=C2C(c3cnc(OC)nc3)=N[C@@H]3CC[C@@H](O)CC3=C2C1. The van der Waals surface area contributed by atoms with Gasteiger partial charge in [0.2, 0.25) is 0 Å². The lowest BCUT2D eigenvalue weighted by Gasteiger charge is -2.36. The number of nitrogens with zero attached hydrogens (tertiary/aromatic N) is 3. The van der Waals surface area contributed by atoms with Crippen LogP contribution in [0.5, 0.6) is 6.01 Å². The molecule has 0 spiro atoms. The molecule has 0 bridgehead atoms. The molecular weight excluding hydrogens is 358 g/mol. The third-order valence-electron chi connectivity index (χ3n) is 5.39. The van der Waals surface area contributed by atoms with Gasteiger partial charge in [0.05, 0.1) is 38.7 Å². The van der Waals surface area contributed by atoms with E-state index < -0.39 is 0 Å². The van der Waals surface area contributed by atoms with Crippen LogP contribution in [-0.4, -0.2) is 53.8 Å². The Morgan fingerprint density at radius 3 is 2.61 bits per heavy atom. The van der Waals surface area contributed by atoms with Crippen LogP contribution in [0.25, 0.3) is 0 Å². The number of hydrogen-bond acceptors (Lipinski definition) is 7. The molecule has 1 aliphatic heterocycles. The summed E-state index contributed by atoms with van der Waals surface area (Å²) in [6.45, 7) is 2.54. The van der Waals surface area contributed by atoms with Crippen molar-refractivity contribution in [2.24, 2.45) is 4.99 Å². The molecule has 28 heavy (non-hydrogen) atoms. The van der Waals surface area contributed by atoms with E-state index in [9.17, 15) is 5.11 Å². The van der Waals surface area contributed by atoms with Crippen molar-refractivity contribution >= 4 is 5.71 Å². The first kappa shape index (κ1) is 18.7. The topological polar surface area (TPSA) is 86.1 Å². The molecule has 0 unspecified atom stereocenters. The first-order chi connectivity index (χ1) is 13.6. The molecule has 1 fully saturated rings. The van der Waals surface area contributed by atoms with Gasteiger partial charge in [-0.15, -0.1) is 0 Å². The lowest BCUT2D eigenvalue weighted by molar-refractivity contribution is 0.143. The van der Waals surface area contributed by atoms with Gasteiger partial charge in [0, 0.05) is 30.0 Å². The normalized spacial score (nSPS) is 24.1. The van der Waals surface area contributed by atoms with Crippen LogP contribution in [0.2, 0.25) is 0 Å². The molecule has 0 radical (unpaired) electrons. The third-order valence-corrected chi connectivity index (χ3v) is 5.39. The number of rotatable bonds is 5. The van der Waals surface area contributed by atoms with Gasteiger partial charge < -0.3 is 19.3 Å². The summed E-state index contributed by atoms with van der Waals surface area (Å²) in [6, 6.07) is 0.394. The van der Waals surface area contributed by atoms with Crippen molar-refractivity contribution in [3.8, 4) is 6.01 Å². The average molecular weight is 383 g/mol. The van der Waals surface area contributed by atoms with Gasteiger partial charge in [-0.3, -0.25) is 4.99 Å². The summed E-state index contributed by atoms with van der Waals surface area (Å²) >= 11 is 0. The van der Waals surface area contributed by atoms with Crippen LogP contribution in [0.15, 0.2) is 51.7 Å². The van der Waals surface area contributed by atoms with E-state index in [1.54, 1.807) is 26.6 Å². The summed E-state index contributed by atoms with van der Waals surface area (Å²) in [4.78, 5) is 13.5. The molecule has 2 atom stereocenters. The number of dihydropyridines is 1. The number of hydrogen-bond donors (Lipinski definition) is 1. The summed E-state index contributed by atoms with van der Waals surface area (Å²) in [5, 5.41) is 10.2. The minimum atomic E-state index is -0.315. The maximum absolute atomic E-state index is 10.2. The smallest absolute Gasteiger partial charge is 0.316 e. The highest BCUT2D eigenvalue weighted by Gasteiger charge is 2.36. The van der Waals surface area contributed by atoms with E-state index in [1.807, 2.05) is 13.0 Å². The maximum Gasteiger partial charge on any atom is 0.316 e. The molecule has 1 saturated carbocycles. The molecule has 1 aromatic heterocycles. The largest absolute Gasteiger partial charge is 0.494 e. The average Bonchev–Trinajstić information content (AvgIpc) is 2.73. The van der Waals surface area contributed by atoms with Gasteiger partial charge >= 0.3 is 6.01 Å². The van der Waals surface area contributed by atoms with E-state index in [4.69, 9.17) is 19.2 Å². The Kier molecular flexibility index (Phi) is 5.17. The quantitative estimate of drug-likeness (QED) is 0.841. The van der Waals surface area contributed by atoms with Gasteiger partial charge in [-0.1, -0.05) is 0 Å². The van der Waals surface area contributed by atoms with E-state index in [0.29, 0.717) is 31.2 Å². The standard InChI is InChI=1S/C21H25N3O4/c1-4-28-19-8-14-15-7-13(25)5-6-17(15)24-20(16(14)9-18(19)26-2)12-10-22-21(27-3)23-11-12/h9-11,13,17,25H,4-8H2,1-3H3/t13-,17-/m1/s1. The minimum Gasteiger partial charge on any atom is -0.494 e. The monoisotopic (exact) mass is 383 g/mol. The van der Waals surface area contributed by atoms with E-state index in [2.05, 4.69) is 9.97 Å². The number of methoxy groups -OCH3 is 2. The van der Waals surface area contributed by atoms with Crippen LogP contribution in [-0.2, 0) is 9.47 Å². The zero-order chi connectivity index (χ0) is 19.7. The number of ether oxygens (including phenoxy) is 3. The van der Waals surface area contributed by atoms with Crippen molar-refractivity contribution in [2.75, 3.05) is 20.8 Å². The third kappa shape index (κ3) is 3.30. The molecule has 1 N–H and O–H groups in total. The van der Waals surface area contributed by atoms with Crippen molar-refractivity contribution < 1.29 is 19.3 Å². The number of aliphatic imine (C=N–C) groups is 1. The fraction of sp³-hybridized carbons (Fsp3) is 0.476. The Morgan fingerprint density at radius 1 is 1.14 bits per heavy atom. The Bertz CT molecular complexity index is 883. The van der Waals surface area contributed by atoms with E-state index in [1.165, 1.54) is 11.1 Å². The molecule has 0 amide bonds. The second kappa shape index (κ2) is 7.75. The molecule has 2 aliphatic carbocycles. The van der Waals surface area contributed by atoms with Crippen LogP contribution < -0.4 is 4.74 Å². The molecule has 3 aliphatic rings. The predicted octanol–water partition coefficient (Wildman–Crippen LogP) is 2.72. The molecule has 0 saturated heterocycles. The lowest BCUT2D eigenvalue weighted by Crippen LogP contribution is -2.32. The Balaban J connectivity index is 1.83. The van der Waals surface area contributed by atoms with Crippen molar-refractivity contribution in [3.63, 3.8) is 0 Å². The van der Waals surface area contributed by atoms with E-state index >= 15 is 0 Å². The van der Waals surface area contributed by atoms with Crippen LogP contribution in [0, 0.1) is 0 Å². The van der Waals surface area contributed by atoms with Gasteiger partial charge in [0.25, 0.3) is 0 Å². The number of aliphatic hydroxyl groups is 1. The molecular formula is C21H25N3O4. The molecule has 2 heterocycles. The highest BCUT2D eigenvalue weighted by Crippen LogP contribution is 2.42. The second-order valence-corrected chi connectivity index (χ2v) is 7.05. The summed E-state index contributed by atoms with van der Waals surface area (Å²) in [7, 11) is 3.19. The van der Waals surface area contributed by atoms with E-state index in [-0.39, 0.29) is 12.1 Å². The van der Waals surface area contributed by atoms with Crippen molar-refractivity contribution in [3.05, 3.63) is 52.3 Å². The summed E-state index contributed by atoms with van der Waals surface area (Å²) in [6.07, 6.45) is 8.01. The fourth-order valence-electron chi connectivity index (χ4n) is 4.09. The predicted molar refractivity (Wildman–Crippen MR) is 104 cm³/mol. The van der Waals surface area contributed by atoms with Crippen LogP contribution in [0.1, 0.15) is 38.2 Å². The highest BCUT2D eigenvalue weighted by molar-refractivity contribution is 6.16. The lowest BCUT2D eigenvalue weighted by atomic mass is 9.76. The number of allylic oxidation sites excluding steroid dienone is 3. The van der Waals surface area contributed by atoms with Gasteiger partial charge in [0.15, 0.2) is 5.76 Å². The highest BCUT2D eigenvalue weighted by atomic mass is 16.5. The molecule has 0 aromatic carbocycles. The van der Waals surface area contributed by atoms with Gasteiger partial charge in [-0.25, -0.2) is 9.97 Å². The zero-order valence-electron chi connectivity index (χ0n) is 16.4. The molecule has 1 aromatic rings. The first-order valence-corrected chi connectivity index (χ1v) is 9.61. The second-order valence-electron chi connectivity index (χ2n) is 7.05. The van der Waals surface area contributed by atoms with Gasteiger partial charge in [-0.05, 0) is 43.4 Å². The Labute approximate surface area is 164 Å². The van der Waals surface area contributed by atoms with Crippen molar-refractivity contribution in [2.45, 2.75) is 44.8 Å². The molecule has 148 valence electrons. The summed E-state index contributed by atoms with van der Waals surface area (Å²) < 4.78 is 16.5. The zero-order valence-corrected chi connectivity index (χ0v) is 16.4. The number of fused-ring (bicyclic) bond motifs is 2. The first-order valence-electron chi connectivity index (χ1n) is 9.61. The van der Waals surface area contributed by atoms with Crippen LogP contribution in [0.4, 0.5) is 0 Å². The Morgan fingerprint density at radius 2 is 1.93 bits per heavy atom. The summed E-state index contributed by atoms with van der Waals surface area (Å²) in [5.74, 6) is 1.53. The van der Waals surface area contributed by atoms with Crippen molar-refractivity contribution in [1.29, 1.82) is 0 Å². The fourth-order valence-corrected chi connectivity index (χ4v) is 4.09. The van der Waals surface area contributed by atoms with Gasteiger partial charge in [0.1, 0.15) is 5.76 Å². The number of aromatic nitrogens is 2. The molecule has 7 heteroatoms. The summed E-state index contributed by atoms with van der Waals surface area (Å²) in [5.41, 5.74) is 5.07. The molecule has 4 rings (SSSR count). The van der Waals surface area contributed by atoms with Crippen LogP contribution in [0.3, 0.4) is 0 Å². The van der Waals surface area contributed by atoms with E-state index in [0.717, 1.165) is 35.4 Å². The van der Waals surface area contributed by atoms with Crippen molar-refractivity contribution in [1.82, 2.24) is 9.97 Å². The Hall–Kier alpha value is -2.67. The maximum atomic E-state index is 10.2. The molecule has 7 nitrogen and oxygen atoms in total. The number of aliphatic hydroxyl groups excluding tert-OH is 1. The minimum absolute atomic E-state index is 0.0691. The van der Waals surface area contributed by atoms with Crippen LogP contribution >= 0.6 is 0 Å². The van der Waals surface area contributed by atoms with Gasteiger partial charge in [-0.2, -0.15) is 0 Å².